The van der Waals surface area contributed by atoms with Crippen LogP contribution in [0.5, 0.6) is 5.75 Å². The fraction of sp³-hybridized carbons (Fsp3) is 0.240. The molecule has 0 bridgehead atoms. The Morgan fingerprint density at radius 2 is 1.87 bits per heavy atom. The third-order valence-electron chi connectivity index (χ3n) is 5.48. The van der Waals surface area contributed by atoms with Crippen LogP contribution >= 0.6 is 11.8 Å². The summed E-state index contributed by atoms with van der Waals surface area (Å²) in [6.07, 6.45) is 1.03. The number of benzene rings is 3. The predicted molar refractivity (Wildman–Crippen MR) is 122 cm³/mol. The molecule has 3 aromatic rings. The van der Waals surface area contributed by atoms with E-state index in [4.69, 9.17) is 4.74 Å². The van der Waals surface area contributed by atoms with Gasteiger partial charge in [-0.05, 0) is 30.7 Å². The Morgan fingerprint density at radius 1 is 1.10 bits per heavy atom. The van der Waals surface area contributed by atoms with E-state index in [2.05, 4.69) is 34.9 Å². The van der Waals surface area contributed by atoms with Crippen LogP contribution in [-0.2, 0) is 4.79 Å². The number of amides is 1. The van der Waals surface area contributed by atoms with Crippen LogP contribution in [0.15, 0.2) is 77.7 Å². The lowest BCUT2D eigenvalue weighted by atomic mass is 9.99. The monoisotopic (exact) mass is 419 g/mol. The van der Waals surface area contributed by atoms with E-state index in [1.54, 1.807) is 7.11 Å². The average molecular weight is 420 g/mol. The van der Waals surface area contributed by atoms with Crippen LogP contribution < -0.4 is 15.4 Å². The van der Waals surface area contributed by atoms with Gasteiger partial charge in [-0.3, -0.25) is 4.79 Å². The molecular weight excluding hydrogens is 392 g/mol. The van der Waals surface area contributed by atoms with Crippen LogP contribution in [0, 0.1) is 6.92 Å². The first-order valence-electron chi connectivity index (χ1n) is 10.2. The van der Waals surface area contributed by atoms with E-state index in [0.29, 0.717) is 11.4 Å². The molecule has 0 unspecified atom stereocenters. The summed E-state index contributed by atoms with van der Waals surface area (Å²) in [5, 5.41) is 5.33. The van der Waals surface area contributed by atoms with Gasteiger partial charge in [0.15, 0.2) is 6.04 Å². The fourth-order valence-corrected chi connectivity index (χ4v) is 5.09. The number of rotatable bonds is 6. The number of hydrogen-bond donors (Lipinski definition) is 2. The molecule has 3 aromatic carbocycles. The molecule has 2 atom stereocenters. The van der Waals surface area contributed by atoms with Gasteiger partial charge in [0.2, 0.25) is 0 Å². The number of carbonyl (C=O) groups excluding carboxylic acids is 1. The van der Waals surface area contributed by atoms with Crippen molar-refractivity contribution >= 4 is 23.4 Å². The van der Waals surface area contributed by atoms with Gasteiger partial charge in [-0.15, -0.1) is 11.8 Å². The topological polar surface area (TPSA) is 54.9 Å². The predicted octanol–water partition coefficient (Wildman–Crippen LogP) is 4.48. The van der Waals surface area contributed by atoms with E-state index < -0.39 is 0 Å². The summed E-state index contributed by atoms with van der Waals surface area (Å²) in [6, 6.07) is 24.3. The summed E-state index contributed by atoms with van der Waals surface area (Å²) in [4.78, 5) is 14.8. The molecule has 0 aliphatic carbocycles. The summed E-state index contributed by atoms with van der Waals surface area (Å²) in [7, 11) is 1.62. The van der Waals surface area contributed by atoms with E-state index >= 15 is 0 Å². The lowest BCUT2D eigenvalue weighted by molar-refractivity contribution is -0.722. The number of aryl methyl sites for hydroxylation is 1. The van der Waals surface area contributed by atoms with E-state index in [-0.39, 0.29) is 18.0 Å². The smallest absolute Gasteiger partial charge is 0.287 e. The maximum atomic E-state index is 13.5. The second kappa shape index (κ2) is 9.37. The van der Waals surface area contributed by atoms with E-state index in [1.165, 1.54) is 10.5 Å². The van der Waals surface area contributed by atoms with Crippen LogP contribution in [0.1, 0.15) is 35.2 Å². The van der Waals surface area contributed by atoms with Crippen molar-refractivity contribution in [1.29, 1.82) is 0 Å². The minimum Gasteiger partial charge on any atom is -0.495 e. The van der Waals surface area contributed by atoms with Crippen LogP contribution in [0.4, 0.5) is 5.69 Å². The summed E-state index contributed by atoms with van der Waals surface area (Å²) in [5.74, 6) is 1.69. The molecule has 5 heteroatoms. The minimum absolute atomic E-state index is 0.0409. The summed E-state index contributed by atoms with van der Waals surface area (Å²) >= 11 is 1.90. The highest BCUT2D eigenvalue weighted by Gasteiger charge is 2.32. The molecule has 0 spiro atoms. The lowest BCUT2D eigenvalue weighted by Crippen LogP contribution is -2.88. The van der Waals surface area contributed by atoms with Crippen LogP contribution in [0.2, 0.25) is 0 Å². The summed E-state index contributed by atoms with van der Waals surface area (Å²) < 4.78 is 5.46. The van der Waals surface area contributed by atoms with Crippen molar-refractivity contribution in [2.45, 2.75) is 30.3 Å². The third kappa shape index (κ3) is 4.53. The van der Waals surface area contributed by atoms with Gasteiger partial charge in [-0.1, -0.05) is 54.6 Å². The summed E-state index contributed by atoms with van der Waals surface area (Å²) in [6.45, 7) is 2.01. The molecular formula is C25H27N2O2S+. The molecule has 0 radical (unpaired) electrons. The van der Waals surface area contributed by atoms with Crippen molar-refractivity contribution in [2.75, 3.05) is 18.2 Å². The Labute approximate surface area is 182 Å². The maximum Gasteiger partial charge on any atom is 0.287 e. The second-order valence-electron chi connectivity index (χ2n) is 7.56. The Morgan fingerprint density at radius 3 is 2.67 bits per heavy atom. The Hall–Kier alpha value is -2.76. The number of methoxy groups -OCH3 is 1. The molecule has 1 aliphatic heterocycles. The maximum absolute atomic E-state index is 13.5. The van der Waals surface area contributed by atoms with Crippen LogP contribution in [0.3, 0.4) is 0 Å². The van der Waals surface area contributed by atoms with Crippen molar-refractivity contribution < 1.29 is 14.8 Å². The van der Waals surface area contributed by atoms with Gasteiger partial charge in [0, 0.05) is 28.2 Å². The van der Waals surface area contributed by atoms with Crippen molar-refractivity contribution in [1.82, 2.24) is 0 Å². The molecule has 0 saturated heterocycles. The molecule has 0 aromatic heterocycles. The molecule has 0 saturated carbocycles. The Kier molecular flexibility index (Phi) is 6.41. The number of thioether (sulfide) groups is 1. The van der Waals surface area contributed by atoms with Gasteiger partial charge in [-0.25, -0.2) is 0 Å². The second-order valence-corrected chi connectivity index (χ2v) is 8.69. The highest BCUT2D eigenvalue weighted by atomic mass is 32.2. The van der Waals surface area contributed by atoms with Gasteiger partial charge in [0.1, 0.15) is 11.8 Å². The zero-order chi connectivity index (χ0) is 20.9. The first-order chi connectivity index (χ1) is 14.7. The average Bonchev–Trinajstić information content (AvgIpc) is 2.78. The zero-order valence-corrected chi connectivity index (χ0v) is 18.1. The summed E-state index contributed by atoms with van der Waals surface area (Å²) in [5.41, 5.74) is 4.09. The van der Waals surface area contributed by atoms with Crippen LogP contribution in [0.25, 0.3) is 0 Å². The molecule has 1 amide bonds. The number of quaternary nitrogens is 1. The number of hydrogen-bond acceptors (Lipinski definition) is 3. The van der Waals surface area contributed by atoms with E-state index in [9.17, 15) is 4.79 Å². The highest BCUT2D eigenvalue weighted by Crippen LogP contribution is 2.34. The number of fused-ring (bicyclic) bond motifs is 1. The van der Waals surface area contributed by atoms with Gasteiger partial charge in [0.25, 0.3) is 5.91 Å². The van der Waals surface area contributed by atoms with E-state index in [1.807, 2.05) is 67.2 Å². The lowest BCUT2D eigenvalue weighted by Gasteiger charge is -2.27. The van der Waals surface area contributed by atoms with Crippen molar-refractivity contribution in [3.05, 3.63) is 89.5 Å². The number of anilines is 1. The third-order valence-corrected chi connectivity index (χ3v) is 6.61. The van der Waals surface area contributed by atoms with Crippen molar-refractivity contribution in [3.8, 4) is 5.75 Å². The molecule has 30 heavy (non-hydrogen) atoms. The molecule has 4 rings (SSSR count). The number of nitrogens with one attached hydrogen (secondary N) is 1. The van der Waals surface area contributed by atoms with Crippen molar-refractivity contribution in [2.24, 2.45) is 0 Å². The fourth-order valence-electron chi connectivity index (χ4n) is 3.94. The van der Waals surface area contributed by atoms with E-state index in [0.717, 1.165) is 23.3 Å². The number of nitrogens with two attached hydrogens (primary N) is 1. The molecule has 4 nitrogen and oxygen atoms in total. The standard InChI is InChI=1S/C25H26N2O2S/c1-17-12-13-22(29-2)21(16-17)27-25(28)24(18-8-4-3-5-9-18)26-20-14-15-30-23-11-7-6-10-19(20)23/h3-13,16,20,24,26H,14-15H2,1-2H3,(H,27,28)/p+1/t20-,24-/m0/s1. The SMILES string of the molecule is COc1ccc(C)cc1NC(=O)[C@@H]([NH2+][C@H]1CCSc2ccccc21)c1ccccc1. The number of carbonyl (C=O) groups is 1. The molecule has 154 valence electrons. The molecule has 1 aliphatic rings. The molecule has 1 heterocycles. The van der Waals surface area contributed by atoms with Crippen molar-refractivity contribution in [3.63, 3.8) is 0 Å². The molecule has 0 fully saturated rings. The van der Waals surface area contributed by atoms with Crippen LogP contribution in [-0.4, -0.2) is 18.8 Å². The first kappa shape index (κ1) is 20.5. The van der Waals surface area contributed by atoms with Gasteiger partial charge in [-0.2, -0.15) is 0 Å². The minimum atomic E-state index is -0.349. The Balaban J connectivity index is 1.63. The van der Waals surface area contributed by atoms with Gasteiger partial charge in [0.05, 0.1) is 12.8 Å². The normalized spacial score (nSPS) is 16.4. The zero-order valence-electron chi connectivity index (χ0n) is 17.3. The highest BCUT2D eigenvalue weighted by molar-refractivity contribution is 7.99. The largest absolute Gasteiger partial charge is 0.495 e. The Bertz CT molecular complexity index is 1020. The molecule has 3 N–H and O–H groups in total. The number of ether oxygens (including phenoxy) is 1. The van der Waals surface area contributed by atoms with Gasteiger partial charge < -0.3 is 15.4 Å². The van der Waals surface area contributed by atoms with Gasteiger partial charge >= 0.3 is 0 Å². The quantitative estimate of drug-likeness (QED) is 0.619. The first-order valence-corrected chi connectivity index (χ1v) is 11.2.